The van der Waals surface area contributed by atoms with Gasteiger partial charge in [-0.3, -0.25) is 10.1 Å². The van der Waals surface area contributed by atoms with Gasteiger partial charge in [0.1, 0.15) is 13.2 Å². The summed E-state index contributed by atoms with van der Waals surface area (Å²) in [4.78, 5) is 12.2. The average molecular weight is 334 g/mol. The molecule has 0 unspecified atom stereocenters. The molecule has 1 atom stereocenters. The molecule has 0 bridgehead atoms. The Bertz CT molecular complexity index is 701. The van der Waals surface area contributed by atoms with Gasteiger partial charge in [-0.05, 0) is 19.9 Å². The second-order valence-electron chi connectivity index (χ2n) is 5.22. The number of nitrogens with one attached hydrogen (secondary N) is 1. The molecule has 1 amide bonds. The van der Waals surface area contributed by atoms with Crippen LogP contribution in [0.25, 0.3) is 0 Å². The summed E-state index contributed by atoms with van der Waals surface area (Å²) in [6.45, 7) is 4.78. The SMILES string of the molecule is Cc1cc(NC(=O)[C@@H](C)SCc2cccc3c2OCCO3)on1. The number of rotatable bonds is 5. The maximum Gasteiger partial charge on any atom is 0.239 e. The third-order valence-electron chi connectivity index (χ3n) is 3.38. The minimum atomic E-state index is -0.235. The lowest BCUT2D eigenvalue weighted by atomic mass is 10.2. The molecule has 0 fully saturated rings. The number of fused-ring (bicyclic) bond motifs is 1. The van der Waals surface area contributed by atoms with E-state index in [1.807, 2.05) is 25.1 Å². The molecular weight excluding hydrogens is 316 g/mol. The fourth-order valence-electron chi connectivity index (χ4n) is 2.18. The molecule has 2 heterocycles. The Morgan fingerprint density at radius 1 is 1.39 bits per heavy atom. The van der Waals surface area contributed by atoms with E-state index < -0.39 is 0 Å². The lowest BCUT2D eigenvalue weighted by Crippen LogP contribution is -2.22. The zero-order chi connectivity index (χ0) is 16.2. The van der Waals surface area contributed by atoms with Crippen LogP contribution < -0.4 is 14.8 Å². The molecule has 2 aromatic rings. The van der Waals surface area contributed by atoms with Crippen LogP contribution in [-0.4, -0.2) is 29.5 Å². The Balaban J connectivity index is 1.58. The Labute approximate surface area is 138 Å². The first-order valence-corrected chi connectivity index (χ1v) is 8.41. The third kappa shape index (κ3) is 3.79. The second-order valence-corrected chi connectivity index (χ2v) is 6.55. The average Bonchev–Trinajstić information content (AvgIpc) is 2.97. The van der Waals surface area contributed by atoms with E-state index in [0.29, 0.717) is 24.9 Å². The second kappa shape index (κ2) is 6.95. The van der Waals surface area contributed by atoms with Gasteiger partial charge in [-0.2, -0.15) is 0 Å². The van der Waals surface area contributed by atoms with Gasteiger partial charge in [-0.25, -0.2) is 0 Å². The first-order valence-electron chi connectivity index (χ1n) is 7.37. The number of amides is 1. The van der Waals surface area contributed by atoms with Crippen LogP contribution in [0.2, 0.25) is 0 Å². The number of aromatic nitrogens is 1. The van der Waals surface area contributed by atoms with Crippen molar-refractivity contribution < 1.29 is 18.8 Å². The number of hydrogen-bond acceptors (Lipinski definition) is 6. The summed E-state index contributed by atoms with van der Waals surface area (Å²) in [6, 6.07) is 7.51. The maximum atomic E-state index is 12.2. The van der Waals surface area contributed by atoms with Crippen molar-refractivity contribution in [1.82, 2.24) is 5.16 Å². The number of benzene rings is 1. The molecule has 6 nitrogen and oxygen atoms in total. The van der Waals surface area contributed by atoms with Crippen LogP contribution in [0.3, 0.4) is 0 Å². The van der Waals surface area contributed by atoms with E-state index in [0.717, 1.165) is 22.8 Å². The highest BCUT2D eigenvalue weighted by atomic mass is 32.2. The number of hydrogen-bond donors (Lipinski definition) is 1. The topological polar surface area (TPSA) is 73.6 Å². The van der Waals surface area contributed by atoms with Crippen LogP contribution >= 0.6 is 11.8 Å². The fourth-order valence-corrected chi connectivity index (χ4v) is 3.05. The Kier molecular flexibility index (Phi) is 4.76. The summed E-state index contributed by atoms with van der Waals surface area (Å²) in [7, 11) is 0. The number of anilines is 1. The number of nitrogens with zero attached hydrogens (tertiary/aromatic N) is 1. The Morgan fingerprint density at radius 3 is 3.00 bits per heavy atom. The quantitative estimate of drug-likeness (QED) is 0.906. The fraction of sp³-hybridized carbons (Fsp3) is 0.375. The van der Waals surface area contributed by atoms with Crippen molar-refractivity contribution in [2.24, 2.45) is 0 Å². The smallest absolute Gasteiger partial charge is 0.239 e. The molecule has 0 radical (unpaired) electrons. The van der Waals surface area contributed by atoms with E-state index in [1.54, 1.807) is 13.0 Å². The standard InChI is InChI=1S/C16H18N2O4S/c1-10-8-14(22-18-10)17-16(19)11(2)23-9-12-4-3-5-13-15(12)21-7-6-20-13/h3-5,8,11H,6-7,9H2,1-2H3,(H,17,19)/t11-/m1/s1. The van der Waals surface area contributed by atoms with Crippen molar-refractivity contribution in [3.05, 3.63) is 35.5 Å². The van der Waals surface area contributed by atoms with E-state index in [-0.39, 0.29) is 11.2 Å². The number of ether oxygens (including phenoxy) is 2. The van der Waals surface area contributed by atoms with Gasteiger partial charge < -0.3 is 14.0 Å². The molecular formula is C16H18N2O4S. The molecule has 0 aliphatic carbocycles. The summed E-state index contributed by atoms with van der Waals surface area (Å²) < 4.78 is 16.2. The van der Waals surface area contributed by atoms with Gasteiger partial charge in [-0.15, -0.1) is 11.8 Å². The first-order chi connectivity index (χ1) is 11.1. The van der Waals surface area contributed by atoms with Gasteiger partial charge in [-0.1, -0.05) is 17.3 Å². The zero-order valence-corrected chi connectivity index (χ0v) is 13.8. The molecule has 0 spiro atoms. The predicted molar refractivity (Wildman–Crippen MR) is 88.1 cm³/mol. The first kappa shape index (κ1) is 15.7. The lowest BCUT2D eigenvalue weighted by Gasteiger charge is -2.21. The minimum absolute atomic E-state index is 0.117. The van der Waals surface area contributed by atoms with Crippen molar-refractivity contribution in [3.63, 3.8) is 0 Å². The summed E-state index contributed by atoms with van der Waals surface area (Å²) in [5, 5.41) is 6.22. The molecule has 122 valence electrons. The molecule has 1 N–H and O–H groups in total. The van der Waals surface area contributed by atoms with Crippen LogP contribution in [0.15, 0.2) is 28.8 Å². The molecule has 7 heteroatoms. The van der Waals surface area contributed by atoms with Crippen molar-refractivity contribution >= 4 is 23.6 Å². The highest BCUT2D eigenvalue weighted by Crippen LogP contribution is 2.36. The molecule has 1 aliphatic rings. The normalized spacial score (nSPS) is 14.3. The number of carbonyl (C=O) groups excluding carboxylic acids is 1. The highest BCUT2D eigenvalue weighted by Gasteiger charge is 2.19. The van der Waals surface area contributed by atoms with Gasteiger partial charge >= 0.3 is 0 Å². The predicted octanol–water partition coefficient (Wildman–Crippen LogP) is 3.01. The molecule has 1 aromatic carbocycles. The van der Waals surface area contributed by atoms with Crippen molar-refractivity contribution in [3.8, 4) is 11.5 Å². The molecule has 23 heavy (non-hydrogen) atoms. The van der Waals surface area contributed by atoms with Crippen LogP contribution in [0.5, 0.6) is 11.5 Å². The molecule has 1 aromatic heterocycles. The Hall–Kier alpha value is -2.15. The molecule has 3 rings (SSSR count). The van der Waals surface area contributed by atoms with Crippen molar-refractivity contribution in [1.29, 1.82) is 0 Å². The molecule has 1 aliphatic heterocycles. The van der Waals surface area contributed by atoms with E-state index in [2.05, 4.69) is 10.5 Å². The zero-order valence-electron chi connectivity index (χ0n) is 13.0. The van der Waals surface area contributed by atoms with Crippen molar-refractivity contribution in [2.75, 3.05) is 18.5 Å². The number of aryl methyl sites for hydroxylation is 1. The third-order valence-corrected chi connectivity index (χ3v) is 4.57. The monoisotopic (exact) mass is 334 g/mol. The summed E-state index contributed by atoms with van der Waals surface area (Å²) in [6.07, 6.45) is 0. The number of thioether (sulfide) groups is 1. The number of carbonyl (C=O) groups is 1. The molecule has 0 saturated heterocycles. The van der Waals surface area contributed by atoms with Gasteiger partial charge in [0.05, 0.1) is 10.9 Å². The highest BCUT2D eigenvalue weighted by molar-refractivity contribution is 7.99. The summed E-state index contributed by atoms with van der Waals surface area (Å²) >= 11 is 1.53. The largest absolute Gasteiger partial charge is 0.486 e. The summed E-state index contributed by atoms with van der Waals surface area (Å²) in [5.41, 5.74) is 1.76. The van der Waals surface area contributed by atoms with E-state index in [4.69, 9.17) is 14.0 Å². The van der Waals surface area contributed by atoms with Crippen LogP contribution in [-0.2, 0) is 10.5 Å². The van der Waals surface area contributed by atoms with Crippen LogP contribution in [0.1, 0.15) is 18.2 Å². The van der Waals surface area contributed by atoms with Crippen molar-refractivity contribution in [2.45, 2.75) is 24.9 Å². The van der Waals surface area contributed by atoms with E-state index in [9.17, 15) is 4.79 Å². The summed E-state index contributed by atoms with van der Waals surface area (Å²) in [5.74, 6) is 2.46. The van der Waals surface area contributed by atoms with E-state index in [1.165, 1.54) is 11.8 Å². The van der Waals surface area contributed by atoms with Gasteiger partial charge in [0.2, 0.25) is 11.8 Å². The van der Waals surface area contributed by atoms with Gasteiger partial charge in [0.25, 0.3) is 0 Å². The van der Waals surface area contributed by atoms with Crippen LogP contribution in [0, 0.1) is 6.92 Å². The van der Waals surface area contributed by atoms with E-state index >= 15 is 0 Å². The van der Waals surface area contributed by atoms with Gasteiger partial charge in [0.15, 0.2) is 11.5 Å². The van der Waals surface area contributed by atoms with Gasteiger partial charge in [0, 0.05) is 17.4 Å². The molecule has 0 saturated carbocycles. The lowest BCUT2D eigenvalue weighted by molar-refractivity contribution is -0.115. The number of para-hydroxylation sites is 1. The maximum absolute atomic E-state index is 12.2. The minimum Gasteiger partial charge on any atom is -0.486 e. The van der Waals surface area contributed by atoms with Crippen LogP contribution in [0.4, 0.5) is 5.88 Å². The Morgan fingerprint density at radius 2 is 2.22 bits per heavy atom.